The van der Waals surface area contributed by atoms with Gasteiger partial charge in [0.2, 0.25) is 10.0 Å². The van der Waals surface area contributed by atoms with Gasteiger partial charge in [-0.2, -0.15) is 17.5 Å². The van der Waals surface area contributed by atoms with E-state index in [4.69, 9.17) is 21.1 Å². The summed E-state index contributed by atoms with van der Waals surface area (Å²) >= 11 is 5.55. The largest absolute Gasteiger partial charge is 0.486 e. The summed E-state index contributed by atoms with van der Waals surface area (Å²) in [6, 6.07) is 7.49. The molecule has 2 aromatic carbocycles. The zero-order valence-corrected chi connectivity index (χ0v) is 15.7. The first-order valence-corrected chi connectivity index (χ1v) is 9.62. The van der Waals surface area contributed by atoms with Crippen LogP contribution in [-0.4, -0.2) is 33.0 Å². The van der Waals surface area contributed by atoms with Crippen molar-refractivity contribution in [1.82, 2.24) is 4.31 Å². The van der Waals surface area contributed by atoms with Crippen LogP contribution in [0.4, 0.5) is 13.2 Å². The molecule has 0 N–H and O–H groups in total. The zero-order chi connectivity index (χ0) is 19.8. The van der Waals surface area contributed by atoms with Gasteiger partial charge in [-0.3, -0.25) is 0 Å². The molecule has 1 heterocycles. The number of alkyl halides is 3. The lowest BCUT2D eigenvalue weighted by molar-refractivity contribution is -0.137. The molecule has 1 aliphatic rings. The van der Waals surface area contributed by atoms with Gasteiger partial charge >= 0.3 is 6.18 Å². The number of benzene rings is 2. The van der Waals surface area contributed by atoms with Gasteiger partial charge in [-0.05, 0) is 35.9 Å². The van der Waals surface area contributed by atoms with E-state index in [0.29, 0.717) is 36.3 Å². The maximum absolute atomic E-state index is 13.0. The standard InChI is InChI=1S/C17H15ClF3NO4S/c1-22(10-11-2-5-15-16(8-11)26-7-6-25-15)27(23,24)12-3-4-14(18)13(9-12)17(19,20)21/h2-5,8-9H,6-7,10H2,1H3. The molecule has 0 bridgehead atoms. The molecular weight excluding hydrogens is 407 g/mol. The number of sulfonamides is 1. The molecule has 27 heavy (non-hydrogen) atoms. The maximum Gasteiger partial charge on any atom is 0.417 e. The van der Waals surface area contributed by atoms with Crippen LogP contribution in [0.5, 0.6) is 11.5 Å². The molecule has 0 unspecified atom stereocenters. The molecule has 0 atom stereocenters. The van der Waals surface area contributed by atoms with Gasteiger partial charge in [0.25, 0.3) is 0 Å². The highest BCUT2D eigenvalue weighted by Gasteiger charge is 2.35. The van der Waals surface area contributed by atoms with E-state index >= 15 is 0 Å². The quantitative estimate of drug-likeness (QED) is 0.750. The summed E-state index contributed by atoms with van der Waals surface area (Å²) in [5.74, 6) is 1.05. The molecule has 146 valence electrons. The highest BCUT2D eigenvalue weighted by atomic mass is 35.5. The highest BCUT2D eigenvalue weighted by molar-refractivity contribution is 7.89. The fourth-order valence-corrected chi connectivity index (χ4v) is 4.00. The van der Waals surface area contributed by atoms with E-state index in [1.807, 2.05) is 0 Å². The number of fused-ring (bicyclic) bond motifs is 1. The van der Waals surface area contributed by atoms with Crippen molar-refractivity contribution in [2.24, 2.45) is 0 Å². The topological polar surface area (TPSA) is 55.8 Å². The van der Waals surface area contributed by atoms with E-state index in [2.05, 4.69) is 0 Å². The zero-order valence-electron chi connectivity index (χ0n) is 14.1. The minimum absolute atomic E-state index is 0.0526. The molecule has 5 nitrogen and oxygen atoms in total. The van der Waals surface area contributed by atoms with E-state index < -0.39 is 31.7 Å². The van der Waals surface area contributed by atoms with Crippen LogP contribution < -0.4 is 9.47 Å². The Hall–Kier alpha value is -1.97. The lowest BCUT2D eigenvalue weighted by Crippen LogP contribution is -2.27. The SMILES string of the molecule is CN(Cc1ccc2c(c1)OCCO2)S(=O)(=O)c1ccc(Cl)c(C(F)(F)F)c1. The average Bonchev–Trinajstić information content (AvgIpc) is 2.60. The van der Waals surface area contributed by atoms with Crippen LogP contribution in [0.15, 0.2) is 41.3 Å². The predicted octanol–water partition coefficient (Wildman–Crippen LogP) is 3.95. The fourth-order valence-electron chi connectivity index (χ4n) is 2.59. The molecule has 0 radical (unpaired) electrons. The molecule has 1 aliphatic heterocycles. The Bertz CT molecular complexity index is 963. The number of rotatable bonds is 4. The molecule has 0 spiro atoms. The van der Waals surface area contributed by atoms with Crippen molar-refractivity contribution in [3.05, 3.63) is 52.5 Å². The van der Waals surface area contributed by atoms with Gasteiger partial charge in [-0.15, -0.1) is 0 Å². The van der Waals surface area contributed by atoms with E-state index in [1.54, 1.807) is 18.2 Å². The molecular formula is C17H15ClF3NO4S. The van der Waals surface area contributed by atoms with Crippen molar-refractivity contribution < 1.29 is 31.1 Å². The monoisotopic (exact) mass is 421 g/mol. The van der Waals surface area contributed by atoms with Crippen molar-refractivity contribution in [2.75, 3.05) is 20.3 Å². The van der Waals surface area contributed by atoms with E-state index in [1.165, 1.54) is 7.05 Å². The summed E-state index contributed by atoms with van der Waals surface area (Å²) in [6.07, 6.45) is -4.75. The lowest BCUT2D eigenvalue weighted by Gasteiger charge is -2.21. The van der Waals surface area contributed by atoms with Crippen LogP contribution in [0.3, 0.4) is 0 Å². The first-order chi connectivity index (χ1) is 12.6. The molecule has 0 amide bonds. The molecule has 0 aliphatic carbocycles. The smallest absolute Gasteiger partial charge is 0.417 e. The number of ether oxygens (including phenoxy) is 2. The molecule has 0 aromatic heterocycles. The Morgan fingerprint density at radius 2 is 1.74 bits per heavy atom. The van der Waals surface area contributed by atoms with Gasteiger partial charge in [0.1, 0.15) is 13.2 Å². The van der Waals surface area contributed by atoms with Crippen LogP contribution >= 0.6 is 11.6 Å². The van der Waals surface area contributed by atoms with Crippen molar-refractivity contribution in [1.29, 1.82) is 0 Å². The Kier molecular flexibility index (Phi) is 5.29. The normalized spacial score (nSPS) is 14.4. The Morgan fingerprint density at radius 1 is 1.07 bits per heavy atom. The second-order valence-electron chi connectivity index (χ2n) is 5.88. The Morgan fingerprint density at radius 3 is 2.41 bits per heavy atom. The highest BCUT2D eigenvalue weighted by Crippen LogP contribution is 2.36. The minimum atomic E-state index is -4.75. The van der Waals surface area contributed by atoms with Crippen LogP contribution in [0.2, 0.25) is 5.02 Å². The number of hydrogen-bond donors (Lipinski definition) is 0. The molecule has 0 fully saturated rings. The van der Waals surface area contributed by atoms with E-state index in [9.17, 15) is 21.6 Å². The lowest BCUT2D eigenvalue weighted by atomic mass is 10.2. The van der Waals surface area contributed by atoms with Gasteiger partial charge in [0, 0.05) is 13.6 Å². The van der Waals surface area contributed by atoms with Gasteiger partial charge < -0.3 is 9.47 Å². The van der Waals surface area contributed by atoms with Crippen molar-refractivity contribution in [3.63, 3.8) is 0 Å². The van der Waals surface area contributed by atoms with E-state index in [-0.39, 0.29) is 6.54 Å². The summed E-state index contributed by atoms with van der Waals surface area (Å²) < 4.78 is 76.2. The van der Waals surface area contributed by atoms with Crippen LogP contribution in [0.1, 0.15) is 11.1 Å². The summed E-state index contributed by atoms with van der Waals surface area (Å²) in [7, 11) is -2.87. The minimum Gasteiger partial charge on any atom is -0.486 e. The van der Waals surface area contributed by atoms with Crippen molar-refractivity contribution in [3.8, 4) is 11.5 Å². The summed E-state index contributed by atoms with van der Waals surface area (Å²) in [5.41, 5.74) is -0.590. The molecule has 0 saturated carbocycles. The molecule has 2 aromatic rings. The van der Waals surface area contributed by atoms with Crippen molar-refractivity contribution in [2.45, 2.75) is 17.6 Å². The summed E-state index contributed by atoms with van der Waals surface area (Å²) in [4.78, 5) is -0.487. The number of nitrogens with zero attached hydrogens (tertiary/aromatic N) is 1. The number of halogens is 4. The first kappa shape index (κ1) is 19.8. The number of hydrogen-bond acceptors (Lipinski definition) is 4. The van der Waals surface area contributed by atoms with Gasteiger partial charge in [-0.1, -0.05) is 17.7 Å². The average molecular weight is 422 g/mol. The second kappa shape index (κ2) is 7.21. The third kappa shape index (κ3) is 4.15. The third-order valence-corrected chi connectivity index (χ3v) is 6.09. The van der Waals surface area contributed by atoms with Crippen LogP contribution in [0.25, 0.3) is 0 Å². The molecule has 10 heteroatoms. The maximum atomic E-state index is 13.0. The fraction of sp³-hybridized carbons (Fsp3) is 0.294. The molecule has 3 rings (SSSR count). The summed E-state index contributed by atoms with van der Waals surface area (Å²) in [6.45, 7) is 0.761. The summed E-state index contributed by atoms with van der Waals surface area (Å²) in [5, 5.41) is -0.559. The van der Waals surface area contributed by atoms with Crippen LogP contribution in [0, 0.1) is 0 Å². The van der Waals surface area contributed by atoms with E-state index in [0.717, 1.165) is 16.4 Å². The Labute approximate surface area is 159 Å². The van der Waals surface area contributed by atoms with Crippen molar-refractivity contribution >= 4 is 21.6 Å². The third-order valence-electron chi connectivity index (χ3n) is 3.96. The van der Waals surface area contributed by atoms with Crippen LogP contribution in [-0.2, 0) is 22.7 Å². The van der Waals surface area contributed by atoms with Gasteiger partial charge in [0.15, 0.2) is 11.5 Å². The van der Waals surface area contributed by atoms with Gasteiger partial charge in [0.05, 0.1) is 15.5 Å². The molecule has 0 saturated heterocycles. The second-order valence-corrected chi connectivity index (χ2v) is 8.33. The van der Waals surface area contributed by atoms with Gasteiger partial charge in [-0.25, -0.2) is 8.42 Å². The predicted molar refractivity (Wildman–Crippen MR) is 92.5 cm³/mol. The first-order valence-electron chi connectivity index (χ1n) is 7.80. The Balaban J connectivity index is 1.87.